The minimum atomic E-state index is -0.402. The lowest BCUT2D eigenvalue weighted by Gasteiger charge is -2.35. The molecule has 1 aliphatic heterocycles. The fourth-order valence-electron chi connectivity index (χ4n) is 3.80. The summed E-state index contributed by atoms with van der Waals surface area (Å²) >= 11 is 0. The highest BCUT2D eigenvalue weighted by Crippen LogP contribution is 2.37. The van der Waals surface area contributed by atoms with E-state index in [-0.39, 0.29) is 6.03 Å². The van der Waals surface area contributed by atoms with Gasteiger partial charge in [-0.3, -0.25) is 4.90 Å². The Balaban J connectivity index is 1.76. The van der Waals surface area contributed by atoms with Gasteiger partial charge in [-0.1, -0.05) is 47.6 Å². The third kappa shape index (κ3) is 4.36. The van der Waals surface area contributed by atoms with E-state index >= 15 is 0 Å². The maximum absolute atomic E-state index is 12.9. The summed E-state index contributed by atoms with van der Waals surface area (Å²) in [5.41, 5.74) is 3.27. The number of carbonyl (C=O) groups excluding carboxylic acids is 1. The Morgan fingerprint density at radius 2 is 1.94 bits per heavy atom. The van der Waals surface area contributed by atoms with Gasteiger partial charge in [0, 0.05) is 31.5 Å². The van der Waals surface area contributed by atoms with E-state index in [4.69, 9.17) is 14.0 Å². The Labute approximate surface area is 186 Å². The smallest absolute Gasteiger partial charge is 0.322 e. The van der Waals surface area contributed by atoms with Gasteiger partial charge in [0.25, 0.3) is 5.89 Å². The van der Waals surface area contributed by atoms with Crippen LogP contribution in [0.15, 0.2) is 64.8 Å². The number of rotatable bonds is 8. The van der Waals surface area contributed by atoms with Crippen LogP contribution in [0, 0.1) is 0 Å². The standard InChI is InChI=1S/C24H26N4O4/c1-16-20(23-26-22(27-32-23)18-11-7-12-19(15-18)31-3)21(17-9-5-4-6-10-17)25-24(29)28(16)13-8-14-30-2/h4-7,9-12,15,21H,8,13-14H2,1-3H3,(H,25,29). The van der Waals surface area contributed by atoms with Crippen molar-refractivity contribution in [1.82, 2.24) is 20.4 Å². The molecule has 2 amide bonds. The van der Waals surface area contributed by atoms with Crippen LogP contribution in [-0.4, -0.2) is 48.4 Å². The summed E-state index contributed by atoms with van der Waals surface area (Å²) in [4.78, 5) is 19.3. The molecule has 8 heteroatoms. The molecule has 0 saturated carbocycles. The average molecular weight is 434 g/mol. The molecule has 32 heavy (non-hydrogen) atoms. The van der Waals surface area contributed by atoms with Gasteiger partial charge < -0.3 is 19.3 Å². The zero-order valence-electron chi connectivity index (χ0n) is 18.4. The summed E-state index contributed by atoms with van der Waals surface area (Å²) in [6.45, 7) is 2.99. The first kappa shape index (κ1) is 21.6. The molecule has 0 radical (unpaired) electrons. The second-order valence-electron chi connectivity index (χ2n) is 7.45. The van der Waals surface area contributed by atoms with Crippen molar-refractivity contribution in [2.45, 2.75) is 19.4 Å². The van der Waals surface area contributed by atoms with E-state index in [1.807, 2.05) is 61.5 Å². The van der Waals surface area contributed by atoms with Crippen molar-refractivity contribution >= 4 is 11.6 Å². The Hall–Kier alpha value is -3.65. The summed E-state index contributed by atoms with van der Waals surface area (Å²) in [6.07, 6.45) is 0.712. The molecule has 0 aliphatic carbocycles. The first-order valence-corrected chi connectivity index (χ1v) is 10.4. The first-order chi connectivity index (χ1) is 15.6. The lowest BCUT2D eigenvalue weighted by atomic mass is 9.94. The van der Waals surface area contributed by atoms with Crippen LogP contribution in [0.5, 0.6) is 5.75 Å². The van der Waals surface area contributed by atoms with Crippen LogP contribution >= 0.6 is 0 Å². The van der Waals surface area contributed by atoms with Gasteiger partial charge in [-0.15, -0.1) is 0 Å². The number of aromatic nitrogens is 2. The van der Waals surface area contributed by atoms with Crippen LogP contribution in [0.3, 0.4) is 0 Å². The molecule has 1 atom stereocenters. The van der Waals surface area contributed by atoms with Gasteiger partial charge in [-0.25, -0.2) is 4.79 Å². The van der Waals surface area contributed by atoms with E-state index < -0.39 is 6.04 Å². The number of hydrogen-bond acceptors (Lipinski definition) is 6. The van der Waals surface area contributed by atoms with Crippen LogP contribution in [0.2, 0.25) is 0 Å². The Kier molecular flexibility index (Phi) is 6.51. The molecule has 0 saturated heterocycles. The number of allylic oxidation sites excluding steroid dienone is 1. The van der Waals surface area contributed by atoms with Crippen molar-refractivity contribution in [3.63, 3.8) is 0 Å². The molecular formula is C24H26N4O4. The largest absolute Gasteiger partial charge is 0.497 e. The van der Waals surface area contributed by atoms with Gasteiger partial charge in [0.2, 0.25) is 5.82 Å². The predicted octanol–water partition coefficient (Wildman–Crippen LogP) is 4.28. The van der Waals surface area contributed by atoms with Crippen LogP contribution in [0.4, 0.5) is 4.79 Å². The van der Waals surface area contributed by atoms with Crippen LogP contribution in [-0.2, 0) is 4.74 Å². The third-order valence-corrected chi connectivity index (χ3v) is 5.44. The number of amides is 2. The Morgan fingerprint density at radius 3 is 2.69 bits per heavy atom. The van der Waals surface area contributed by atoms with Crippen molar-refractivity contribution in [3.05, 3.63) is 71.7 Å². The van der Waals surface area contributed by atoms with Crippen molar-refractivity contribution in [2.75, 3.05) is 27.4 Å². The number of methoxy groups -OCH3 is 2. The minimum absolute atomic E-state index is 0.163. The number of hydrogen-bond donors (Lipinski definition) is 1. The van der Waals surface area contributed by atoms with Crippen LogP contribution in [0.25, 0.3) is 17.0 Å². The molecule has 4 rings (SSSR count). The lowest BCUT2D eigenvalue weighted by Crippen LogP contribution is -2.46. The van der Waals surface area contributed by atoms with Crippen molar-refractivity contribution in [1.29, 1.82) is 0 Å². The van der Waals surface area contributed by atoms with E-state index in [1.165, 1.54) is 0 Å². The summed E-state index contributed by atoms with van der Waals surface area (Å²) in [5, 5.41) is 7.29. The Bertz CT molecular complexity index is 1110. The van der Waals surface area contributed by atoms with E-state index in [2.05, 4.69) is 15.5 Å². The van der Waals surface area contributed by atoms with E-state index in [0.29, 0.717) is 37.0 Å². The molecule has 0 fully saturated rings. The summed E-state index contributed by atoms with van der Waals surface area (Å²) in [7, 11) is 3.26. The zero-order valence-corrected chi connectivity index (χ0v) is 18.4. The normalized spacial score (nSPS) is 16.3. The highest BCUT2D eigenvalue weighted by atomic mass is 16.5. The zero-order chi connectivity index (χ0) is 22.5. The van der Waals surface area contributed by atoms with E-state index in [0.717, 1.165) is 22.4 Å². The summed E-state index contributed by atoms with van der Waals surface area (Å²) in [5.74, 6) is 1.53. The second-order valence-corrected chi connectivity index (χ2v) is 7.45. The van der Waals surface area contributed by atoms with Gasteiger partial charge in [-0.2, -0.15) is 4.98 Å². The molecular weight excluding hydrogens is 408 g/mol. The molecule has 1 aliphatic rings. The van der Waals surface area contributed by atoms with E-state index in [1.54, 1.807) is 19.1 Å². The van der Waals surface area contributed by atoms with Crippen molar-refractivity contribution in [2.24, 2.45) is 0 Å². The SMILES string of the molecule is COCCCN1C(=O)NC(c2ccccc2)C(c2nc(-c3cccc(OC)c3)no2)=C1C. The Morgan fingerprint density at radius 1 is 1.12 bits per heavy atom. The fraction of sp³-hybridized carbons (Fsp3) is 0.292. The average Bonchev–Trinajstić information content (AvgIpc) is 3.31. The molecule has 8 nitrogen and oxygen atoms in total. The topological polar surface area (TPSA) is 89.7 Å². The van der Waals surface area contributed by atoms with Gasteiger partial charge in [-0.05, 0) is 31.0 Å². The molecule has 2 heterocycles. The molecule has 1 N–H and O–H groups in total. The number of benzene rings is 2. The fourth-order valence-corrected chi connectivity index (χ4v) is 3.80. The van der Waals surface area contributed by atoms with Gasteiger partial charge in [0.15, 0.2) is 0 Å². The number of carbonyl (C=O) groups is 1. The highest BCUT2D eigenvalue weighted by Gasteiger charge is 2.35. The first-order valence-electron chi connectivity index (χ1n) is 10.4. The molecule has 1 aromatic heterocycles. The highest BCUT2D eigenvalue weighted by molar-refractivity contribution is 5.86. The number of nitrogens with one attached hydrogen (secondary N) is 1. The maximum atomic E-state index is 12.9. The third-order valence-electron chi connectivity index (χ3n) is 5.44. The monoisotopic (exact) mass is 434 g/mol. The minimum Gasteiger partial charge on any atom is -0.497 e. The summed E-state index contributed by atoms with van der Waals surface area (Å²) < 4.78 is 16.2. The van der Waals surface area contributed by atoms with Crippen molar-refractivity contribution < 1.29 is 18.8 Å². The predicted molar refractivity (Wildman–Crippen MR) is 120 cm³/mol. The molecule has 0 spiro atoms. The number of urea groups is 1. The van der Waals surface area contributed by atoms with Crippen LogP contribution < -0.4 is 10.1 Å². The van der Waals surface area contributed by atoms with Gasteiger partial charge in [0.1, 0.15) is 5.75 Å². The molecule has 1 unspecified atom stereocenters. The van der Waals surface area contributed by atoms with Gasteiger partial charge in [0.05, 0.1) is 18.7 Å². The maximum Gasteiger partial charge on any atom is 0.322 e. The van der Waals surface area contributed by atoms with Crippen molar-refractivity contribution in [3.8, 4) is 17.1 Å². The molecule has 166 valence electrons. The number of ether oxygens (including phenoxy) is 2. The number of nitrogens with zero attached hydrogens (tertiary/aromatic N) is 3. The van der Waals surface area contributed by atoms with Gasteiger partial charge >= 0.3 is 6.03 Å². The quantitative estimate of drug-likeness (QED) is 0.532. The molecule has 2 aromatic carbocycles. The second kappa shape index (κ2) is 9.65. The molecule has 0 bridgehead atoms. The summed E-state index contributed by atoms with van der Waals surface area (Å²) in [6, 6.07) is 16.7. The lowest BCUT2D eigenvalue weighted by molar-refractivity contribution is 0.174. The van der Waals surface area contributed by atoms with E-state index in [9.17, 15) is 4.79 Å². The van der Waals surface area contributed by atoms with Crippen LogP contribution in [0.1, 0.15) is 30.8 Å². The molecule has 3 aromatic rings.